The molecule has 1 aromatic carbocycles. The molecule has 2 unspecified atom stereocenters. The fraction of sp³-hybridized carbons (Fsp3) is 0.400. The first-order valence-electron chi connectivity index (χ1n) is 7.09. The lowest BCUT2D eigenvalue weighted by Crippen LogP contribution is -2.46. The number of hydrogen-bond donors (Lipinski definition) is 1. The van der Waals surface area contributed by atoms with E-state index in [1.165, 1.54) is 0 Å². The van der Waals surface area contributed by atoms with Gasteiger partial charge in [0.05, 0.1) is 12.7 Å². The van der Waals surface area contributed by atoms with Crippen LogP contribution in [0, 0.1) is 12.3 Å². The van der Waals surface area contributed by atoms with Crippen LogP contribution in [0.3, 0.4) is 0 Å². The Morgan fingerprint density at radius 1 is 1.48 bits per heavy atom. The fourth-order valence-electron chi connectivity index (χ4n) is 2.61. The number of carbonyl (C=O) groups is 1. The number of urea groups is 1. The van der Waals surface area contributed by atoms with E-state index in [1.807, 2.05) is 18.2 Å². The van der Waals surface area contributed by atoms with Crippen LogP contribution in [0.2, 0.25) is 0 Å². The number of ether oxygens (including phenoxy) is 2. The summed E-state index contributed by atoms with van der Waals surface area (Å²) in [7, 11) is 0. The summed E-state index contributed by atoms with van der Waals surface area (Å²) in [6.45, 7) is 0.825. The molecule has 3 rings (SSSR count). The Morgan fingerprint density at radius 3 is 2.83 bits per heavy atom. The Morgan fingerprint density at radius 2 is 2.22 bits per heavy atom. The van der Waals surface area contributed by atoms with Crippen LogP contribution >= 0.6 is 23.6 Å². The molecule has 122 valence electrons. The van der Waals surface area contributed by atoms with Crippen molar-refractivity contribution in [2.45, 2.75) is 24.6 Å². The summed E-state index contributed by atoms with van der Waals surface area (Å²) in [5, 5.41) is 0. The maximum Gasteiger partial charge on any atom is 0.366 e. The molecule has 2 atom stereocenters. The zero-order chi connectivity index (χ0) is 16.4. The molecular formula is C15H15Cl2N3O3. The van der Waals surface area contributed by atoms with Gasteiger partial charge in [0.2, 0.25) is 0 Å². The lowest BCUT2D eigenvalue weighted by Gasteiger charge is -2.33. The number of para-hydroxylation sites is 1. The number of epoxide rings is 1. The summed E-state index contributed by atoms with van der Waals surface area (Å²) >= 11 is 12.2. The fourth-order valence-corrected chi connectivity index (χ4v) is 3.15. The first-order valence-corrected chi connectivity index (χ1v) is 7.77. The van der Waals surface area contributed by atoms with Crippen molar-refractivity contribution >= 4 is 29.6 Å². The number of benzene rings is 1. The minimum Gasteiger partial charge on any atom is -0.481 e. The van der Waals surface area contributed by atoms with Crippen LogP contribution in [0.25, 0.3) is 0 Å². The number of hydrazine groups is 1. The molecular weight excluding hydrogens is 341 g/mol. The Labute approximate surface area is 144 Å². The topological polar surface area (TPSA) is 57.3 Å². The van der Waals surface area contributed by atoms with Gasteiger partial charge in [-0.15, -0.1) is 6.42 Å². The third-order valence-corrected chi connectivity index (χ3v) is 4.49. The Kier molecular flexibility index (Phi) is 4.55. The third-order valence-electron chi connectivity index (χ3n) is 3.83. The molecule has 2 saturated heterocycles. The highest BCUT2D eigenvalue weighted by Crippen LogP contribution is 2.43. The highest BCUT2D eigenvalue weighted by Gasteiger charge is 2.52. The summed E-state index contributed by atoms with van der Waals surface area (Å²) in [6.07, 6.45) is 6.67. The SMILES string of the molecule is C#CCOc1ccccc1C1(CCC2CO2)NN(Cl)C(=O)N1Cl. The van der Waals surface area contributed by atoms with Crippen LogP contribution in [-0.2, 0) is 10.4 Å². The molecule has 0 radical (unpaired) electrons. The second-order valence-electron chi connectivity index (χ2n) is 5.30. The van der Waals surface area contributed by atoms with Crippen molar-refractivity contribution in [1.29, 1.82) is 0 Å². The van der Waals surface area contributed by atoms with Gasteiger partial charge in [-0.3, -0.25) is 0 Å². The molecule has 2 heterocycles. The molecule has 1 N–H and O–H groups in total. The van der Waals surface area contributed by atoms with Crippen LogP contribution in [0.5, 0.6) is 5.75 Å². The quantitative estimate of drug-likeness (QED) is 0.484. The van der Waals surface area contributed by atoms with Gasteiger partial charge in [0.25, 0.3) is 0 Å². The van der Waals surface area contributed by atoms with E-state index in [1.54, 1.807) is 6.07 Å². The zero-order valence-electron chi connectivity index (χ0n) is 12.2. The van der Waals surface area contributed by atoms with Gasteiger partial charge in [-0.25, -0.2) is 9.21 Å². The van der Waals surface area contributed by atoms with E-state index in [4.69, 9.17) is 39.5 Å². The summed E-state index contributed by atoms with van der Waals surface area (Å²) in [5.74, 6) is 2.96. The number of carbonyl (C=O) groups excluding carboxylic acids is 1. The maximum atomic E-state index is 12.1. The molecule has 2 fully saturated rings. The zero-order valence-corrected chi connectivity index (χ0v) is 13.7. The van der Waals surface area contributed by atoms with Crippen molar-refractivity contribution in [3.63, 3.8) is 0 Å². The van der Waals surface area contributed by atoms with Crippen molar-refractivity contribution in [1.82, 2.24) is 14.4 Å². The van der Waals surface area contributed by atoms with Crippen LogP contribution < -0.4 is 10.2 Å². The highest BCUT2D eigenvalue weighted by atomic mass is 35.5. The minimum atomic E-state index is -1.03. The molecule has 23 heavy (non-hydrogen) atoms. The number of amides is 2. The van der Waals surface area contributed by atoms with E-state index in [0.717, 1.165) is 15.4 Å². The summed E-state index contributed by atoms with van der Waals surface area (Å²) in [4.78, 5) is 12.1. The number of nitrogens with zero attached hydrogens (tertiary/aromatic N) is 2. The van der Waals surface area contributed by atoms with E-state index in [-0.39, 0.29) is 12.7 Å². The van der Waals surface area contributed by atoms with Crippen molar-refractivity contribution in [3.05, 3.63) is 29.8 Å². The average molecular weight is 356 g/mol. The van der Waals surface area contributed by atoms with Gasteiger partial charge < -0.3 is 9.47 Å². The van der Waals surface area contributed by atoms with E-state index in [9.17, 15) is 4.79 Å². The average Bonchev–Trinajstić information content (AvgIpc) is 3.36. The Bertz CT molecular complexity index is 647. The summed E-state index contributed by atoms with van der Waals surface area (Å²) in [5.41, 5.74) is 2.59. The number of terminal acetylenes is 1. The molecule has 0 bridgehead atoms. The minimum absolute atomic E-state index is 0.111. The molecule has 0 saturated carbocycles. The maximum absolute atomic E-state index is 12.1. The molecule has 0 spiro atoms. The van der Waals surface area contributed by atoms with Crippen molar-refractivity contribution in [3.8, 4) is 18.1 Å². The van der Waals surface area contributed by atoms with E-state index in [0.29, 0.717) is 24.3 Å². The number of nitrogens with one attached hydrogen (secondary N) is 1. The van der Waals surface area contributed by atoms with Crippen LogP contribution in [-0.4, -0.2) is 34.3 Å². The van der Waals surface area contributed by atoms with Crippen molar-refractivity contribution < 1.29 is 14.3 Å². The second-order valence-corrected chi connectivity index (χ2v) is 5.98. The van der Waals surface area contributed by atoms with Gasteiger partial charge in [0.1, 0.15) is 12.4 Å². The smallest absolute Gasteiger partial charge is 0.366 e. The third kappa shape index (κ3) is 3.06. The molecule has 2 aliphatic heterocycles. The molecule has 6 nitrogen and oxygen atoms in total. The predicted molar refractivity (Wildman–Crippen MR) is 85.3 cm³/mol. The predicted octanol–water partition coefficient (Wildman–Crippen LogP) is 2.58. The lowest BCUT2D eigenvalue weighted by atomic mass is 9.93. The number of rotatable bonds is 6. The molecule has 8 heteroatoms. The molecule has 0 aromatic heterocycles. The largest absolute Gasteiger partial charge is 0.481 e. The standard InChI is InChI=1S/C15H15Cl2N3O3/c1-2-9-22-13-6-4-3-5-12(13)15(8-7-11-10-23-11)18-20(17)14(21)19(15)16/h1,3-6,11,18H,7-10H2. The second kappa shape index (κ2) is 6.46. The van der Waals surface area contributed by atoms with E-state index >= 15 is 0 Å². The molecule has 0 aliphatic carbocycles. The van der Waals surface area contributed by atoms with Gasteiger partial charge in [-0.1, -0.05) is 24.1 Å². The van der Waals surface area contributed by atoms with Gasteiger partial charge in [0.15, 0.2) is 5.66 Å². The van der Waals surface area contributed by atoms with Crippen LogP contribution in [0.4, 0.5) is 4.79 Å². The summed E-state index contributed by atoms with van der Waals surface area (Å²) in [6, 6.07) is 6.69. The van der Waals surface area contributed by atoms with Gasteiger partial charge >= 0.3 is 6.03 Å². The lowest BCUT2D eigenvalue weighted by molar-refractivity contribution is 0.174. The van der Waals surface area contributed by atoms with Crippen molar-refractivity contribution in [2.75, 3.05) is 13.2 Å². The van der Waals surface area contributed by atoms with E-state index < -0.39 is 11.7 Å². The van der Waals surface area contributed by atoms with Gasteiger partial charge in [-0.05, 0) is 18.9 Å². The van der Waals surface area contributed by atoms with E-state index in [2.05, 4.69) is 11.3 Å². The van der Waals surface area contributed by atoms with Gasteiger partial charge in [-0.2, -0.15) is 9.95 Å². The molecule has 2 amide bonds. The van der Waals surface area contributed by atoms with Gasteiger partial charge in [0, 0.05) is 29.1 Å². The first-order chi connectivity index (χ1) is 11.1. The van der Waals surface area contributed by atoms with Crippen LogP contribution in [0.15, 0.2) is 24.3 Å². The molecule has 2 aliphatic rings. The van der Waals surface area contributed by atoms with Crippen molar-refractivity contribution in [2.24, 2.45) is 0 Å². The van der Waals surface area contributed by atoms with Crippen LogP contribution in [0.1, 0.15) is 18.4 Å². The normalized spacial score (nSPS) is 26.3. The highest BCUT2D eigenvalue weighted by molar-refractivity contribution is 6.28. The number of halogens is 2. The summed E-state index contributed by atoms with van der Waals surface area (Å²) < 4.78 is 12.8. The monoisotopic (exact) mass is 355 g/mol. The first kappa shape index (κ1) is 16.2. The molecule has 1 aromatic rings. The Hall–Kier alpha value is -1.65. The Balaban J connectivity index is 1.98. The number of hydrogen-bond acceptors (Lipinski definition) is 4.